The fraction of sp³-hybridized carbons (Fsp3) is 0.972. The molecule has 0 bridgehead atoms. The van der Waals surface area contributed by atoms with Crippen molar-refractivity contribution in [2.75, 3.05) is 13.2 Å². The quantitative estimate of drug-likeness (QED) is 0.0503. The fourth-order valence-electron chi connectivity index (χ4n) is 4.87. The van der Waals surface area contributed by atoms with Gasteiger partial charge >= 0.3 is 0 Å². The molecule has 0 saturated carbocycles. The standard InChI is InChI=1S/C18H36O4.C9H20O.C9H18O/c1-2-3-4-5-8-11-14-17-20-18(22-21-17)15-12-9-6-7-10-13-16-19;2*1-2-3-4-5-6-7-8-9-10/h17-19H,2-16H2,1H3;10H,2-9H2,1H3;9H,2-8H2,1H3. The van der Waals surface area contributed by atoms with E-state index >= 15 is 0 Å². The molecular formula is C36H74O6. The van der Waals surface area contributed by atoms with Gasteiger partial charge < -0.3 is 19.7 Å². The summed E-state index contributed by atoms with van der Waals surface area (Å²) >= 11 is 0. The molecule has 0 aromatic rings. The summed E-state index contributed by atoms with van der Waals surface area (Å²) in [6.07, 6.45) is 34.5. The zero-order chi connectivity index (χ0) is 31.2. The highest BCUT2D eigenvalue weighted by atomic mass is 17.3. The third kappa shape index (κ3) is 37.5. The van der Waals surface area contributed by atoms with Gasteiger partial charge in [0.25, 0.3) is 0 Å². The molecule has 6 heteroatoms. The minimum Gasteiger partial charge on any atom is -0.396 e. The summed E-state index contributed by atoms with van der Waals surface area (Å²) in [6, 6.07) is 0. The molecule has 1 heterocycles. The summed E-state index contributed by atoms with van der Waals surface area (Å²) in [5, 5.41) is 17.2. The second-order valence-corrected chi connectivity index (χ2v) is 11.9. The van der Waals surface area contributed by atoms with Crippen molar-refractivity contribution in [3.05, 3.63) is 0 Å². The van der Waals surface area contributed by atoms with Crippen LogP contribution in [0.4, 0.5) is 0 Å². The topological polar surface area (TPSA) is 85.2 Å². The molecule has 2 atom stereocenters. The lowest BCUT2D eigenvalue weighted by molar-refractivity contribution is -0.298. The zero-order valence-electron chi connectivity index (χ0n) is 28.5. The molecule has 1 saturated heterocycles. The third-order valence-electron chi connectivity index (χ3n) is 7.65. The molecule has 254 valence electrons. The van der Waals surface area contributed by atoms with Crippen LogP contribution < -0.4 is 0 Å². The first kappa shape index (κ1) is 43.6. The van der Waals surface area contributed by atoms with Crippen molar-refractivity contribution in [1.82, 2.24) is 0 Å². The minimum absolute atomic E-state index is 0.152. The Morgan fingerprint density at radius 1 is 0.452 bits per heavy atom. The highest BCUT2D eigenvalue weighted by Crippen LogP contribution is 2.23. The van der Waals surface area contributed by atoms with E-state index < -0.39 is 0 Å². The Kier molecular flexibility index (Phi) is 42.0. The minimum atomic E-state index is -0.164. The second kappa shape index (κ2) is 40.5. The van der Waals surface area contributed by atoms with E-state index in [0.29, 0.717) is 13.2 Å². The molecule has 1 rings (SSSR count). The van der Waals surface area contributed by atoms with Crippen molar-refractivity contribution >= 4 is 6.29 Å². The molecular weight excluding hydrogens is 528 g/mol. The lowest BCUT2D eigenvalue weighted by Gasteiger charge is -2.08. The molecule has 6 nitrogen and oxygen atoms in total. The van der Waals surface area contributed by atoms with E-state index in [0.717, 1.165) is 64.1 Å². The normalized spacial score (nSPS) is 16.0. The Hall–Kier alpha value is -0.530. The van der Waals surface area contributed by atoms with Crippen molar-refractivity contribution < 1.29 is 29.5 Å². The van der Waals surface area contributed by atoms with Gasteiger partial charge in [0.05, 0.1) is 0 Å². The van der Waals surface area contributed by atoms with Crippen LogP contribution in [0.5, 0.6) is 0 Å². The van der Waals surface area contributed by atoms with Gasteiger partial charge in [0, 0.05) is 32.5 Å². The SMILES string of the molecule is CCCCCCCCC1OOC(CCCCCCCCO)O1.CCCCCCCCC=O.CCCCCCCCCO. The van der Waals surface area contributed by atoms with E-state index in [2.05, 4.69) is 20.8 Å². The Morgan fingerprint density at radius 3 is 1.10 bits per heavy atom. The predicted molar refractivity (Wildman–Crippen MR) is 177 cm³/mol. The lowest BCUT2D eigenvalue weighted by atomic mass is 10.1. The largest absolute Gasteiger partial charge is 0.396 e. The lowest BCUT2D eigenvalue weighted by Crippen LogP contribution is -2.11. The highest BCUT2D eigenvalue weighted by molar-refractivity contribution is 5.48. The van der Waals surface area contributed by atoms with E-state index in [1.807, 2.05) is 0 Å². The first-order valence-electron chi connectivity index (χ1n) is 18.3. The molecule has 2 N–H and O–H groups in total. The monoisotopic (exact) mass is 603 g/mol. The summed E-state index contributed by atoms with van der Waals surface area (Å²) in [6.45, 7) is 7.38. The highest BCUT2D eigenvalue weighted by Gasteiger charge is 2.26. The average molecular weight is 603 g/mol. The van der Waals surface area contributed by atoms with Gasteiger partial charge in [0.1, 0.15) is 6.29 Å². The first-order valence-corrected chi connectivity index (χ1v) is 18.3. The summed E-state index contributed by atoms with van der Waals surface area (Å²) in [7, 11) is 0. The van der Waals surface area contributed by atoms with Crippen LogP contribution >= 0.6 is 0 Å². The van der Waals surface area contributed by atoms with Crippen molar-refractivity contribution in [1.29, 1.82) is 0 Å². The van der Waals surface area contributed by atoms with Crippen LogP contribution in [0.15, 0.2) is 0 Å². The molecule has 0 radical (unpaired) electrons. The number of hydrogen-bond donors (Lipinski definition) is 2. The molecule has 1 aliphatic heterocycles. The van der Waals surface area contributed by atoms with Crippen LogP contribution in [0.25, 0.3) is 0 Å². The van der Waals surface area contributed by atoms with Crippen molar-refractivity contribution in [2.45, 2.75) is 213 Å². The van der Waals surface area contributed by atoms with E-state index in [4.69, 9.17) is 24.7 Å². The molecule has 0 aromatic heterocycles. The molecule has 0 aromatic carbocycles. The van der Waals surface area contributed by atoms with E-state index in [1.54, 1.807) is 0 Å². The number of hydrogen-bond acceptors (Lipinski definition) is 6. The number of ether oxygens (including phenoxy) is 1. The van der Waals surface area contributed by atoms with Crippen molar-refractivity contribution in [3.63, 3.8) is 0 Å². The molecule has 42 heavy (non-hydrogen) atoms. The van der Waals surface area contributed by atoms with E-state index in [1.165, 1.54) is 122 Å². The molecule has 2 unspecified atom stereocenters. The van der Waals surface area contributed by atoms with E-state index in [-0.39, 0.29) is 12.6 Å². The van der Waals surface area contributed by atoms with Gasteiger partial charge in [-0.05, 0) is 32.1 Å². The summed E-state index contributed by atoms with van der Waals surface area (Å²) < 4.78 is 5.76. The van der Waals surface area contributed by atoms with Crippen LogP contribution in [-0.4, -0.2) is 42.3 Å². The molecule has 0 spiro atoms. The molecule has 1 fully saturated rings. The van der Waals surface area contributed by atoms with Gasteiger partial charge in [-0.1, -0.05) is 149 Å². The first-order chi connectivity index (χ1) is 20.7. The Balaban J connectivity index is 0. The number of aldehydes is 1. The third-order valence-corrected chi connectivity index (χ3v) is 7.65. The Labute approximate surface area is 262 Å². The predicted octanol–water partition coefficient (Wildman–Crippen LogP) is 10.8. The smallest absolute Gasteiger partial charge is 0.194 e. The maximum absolute atomic E-state index is 9.89. The fourth-order valence-corrected chi connectivity index (χ4v) is 4.87. The van der Waals surface area contributed by atoms with Crippen LogP contribution in [-0.2, 0) is 19.3 Å². The van der Waals surface area contributed by atoms with Gasteiger partial charge in [0.2, 0.25) is 0 Å². The van der Waals surface area contributed by atoms with Crippen LogP contribution in [0.3, 0.4) is 0 Å². The molecule has 0 aliphatic carbocycles. The number of aliphatic hydroxyl groups excluding tert-OH is 2. The summed E-state index contributed by atoms with van der Waals surface area (Å²) in [5.41, 5.74) is 0. The Bertz CT molecular complexity index is 468. The van der Waals surface area contributed by atoms with Crippen molar-refractivity contribution in [2.24, 2.45) is 0 Å². The summed E-state index contributed by atoms with van der Waals surface area (Å²) in [5.74, 6) is 0. The number of carbonyl (C=O) groups is 1. The average Bonchev–Trinajstić information content (AvgIpc) is 3.46. The molecule has 0 amide bonds. The maximum atomic E-state index is 9.89. The van der Waals surface area contributed by atoms with Crippen LogP contribution in [0.2, 0.25) is 0 Å². The maximum Gasteiger partial charge on any atom is 0.194 e. The number of aliphatic hydroxyl groups is 2. The number of carbonyl (C=O) groups excluding carboxylic acids is 1. The molecule has 1 aliphatic rings. The number of unbranched alkanes of at least 4 members (excludes halogenated alkanes) is 22. The van der Waals surface area contributed by atoms with Crippen LogP contribution in [0.1, 0.15) is 201 Å². The van der Waals surface area contributed by atoms with Crippen molar-refractivity contribution in [3.8, 4) is 0 Å². The number of rotatable bonds is 29. The Morgan fingerprint density at radius 2 is 0.762 bits per heavy atom. The van der Waals surface area contributed by atoms with Gasteiger partial charge in [-0.25, -0.2) is 9.78 Å². The van der Waals surface area contributed by atoms with Gasteiger partial charge in [-0.2, -0.15) is 0 Å². The van der Waals surface area contributed by atoms with Gasteiger partial charge in [-0.3, -0.25) is 0 Å². The van der Waals surface area contributed by atoms with E-state index in [9.17, 15) is 4.79 Å². The summed E-state index contributed by atoms with van der Waals surface area (Å²) in [4.78, 5) is 20.4. The van der Waals surface area contributed by atoms with Crippen LogP contribution in [0, 0.1) is 0 Å². The van der Waals surface area contributed by atoms with Gasteiger partial charge in [0.15, 0.2) is 12.6 Å². The zero-order valence-corrected chi connectivity index (χ0v) is 28.5. The second-order valence-electron chi connectivity index (χ2n) is 11.9. The van der Waals surface area contributed by atoms with Gasteiger partial charge in [-0.15, -0.1) is 0 Å².